The highest BCUT2D eigenvalue weighted by Gasteiger charge is 2.16. The van der Waals surface area contributed by atoms with Crippen molar-refractivity contribution >= 4 is 11.3 Å². The molecule has 2 aromatic rings. The Morgan fingerprint density at radius 2 is 2.17 bits per heavy atom. The van der Waals surface area contributed by atoms with Gasteiger partial charge in [0.05, 0.1) is 12.5 Å². The lowest BCUT2D eigenvalue weighted by Gasteiger charge is -2.08. The van der Waals surface area contributed by atoms with Crippen LogP contribution in [-0.2, 0) is 6.42 Å². The lowest BCUT2D eigenvalue weighted by molar-refractivity contribution is 0.333. The van der Waals surface area contributed by atoms with Crippen LogP contribution < -0.4 is 5.73 Å². The van der Waals surface area contributed by atoms with Gasteiger partial charge in [-0.15, -0.1) is 11.3 Å². The van der Waals surface area contributed by atoms with Crippen LogP contribution in [0.3, 0.4) is 0 Å². The Labute approximate surface area is 110 Å². The van der Waals surface area contributed by atoms with Gasteiger partial charge >= 0.3 is 0 Å². The number of aromatic nitrogens is 3. The first kappa shape index (κ1) is 13.2. The number of aryl methyl sites for hydroxylation is 1. The average Bonchev–Trinajstić information content (AvgIpc) is 2.87. The highest BCUT2D eigenvalue weighted by Crippen LogP contribution is 2.18. The van der Waals surface area contributed by atoms with Crippen LogP contribution in [0.4, 0.5) is 0 Å². The van der Waals surface area contributed by atoms with Crippen molar-refractivity contribution in [1.82, 2.24) is 15.1 Å². The summed E-state index contributed by atoms with van der Waals surface area (Å²) in [7, 11) is 0. The third kappa shape index (κ3) is 3.36. The van der Waals surface area contributed by atoms with Gasteiger partial charge in [-0.25, -0.2) is 4.98 Å². The Morgan fingerprint density at radius 3 is 2.78 bits per heavy atom. The van der Waals surface area contributed by atoms with Crippen molar-refractivity contribution in [1.29, 1.82) is 0 Å². The van der Waals surface area contributed by atoms with E-state index in [0.29, 0.717) is 24.1 Å². The van der Waals surface area contributed by atoms with E-state index in [9.17, 15) is 0 Å². The normalized spacial score (nSPS) is 13.2. The number of nitrogens with zero attached hydrogens (tertiary/aromatic N) is 3. The number of thiazole rings is 1. The summed E-state index contributed by atoms with van der Waals surface area (Å²) in [6, 6.07) is -0.177. The Bertz CT molecular complexity index is 506. The molecule has 1 atom stereocenters. The Kier molecular flexibility index (Phi) is 4.08. The second-order valence-corrected chi connectivity index (χ2v) is 5.79. The number of hydrogen-bond acceptors (Lipinski definition) is 6. The number of nitrogens with two attached hydrogens (primary N) is 1. The third-order valence-corrected chi connectivity index (χ3v) is 3.47. The molecule has 98 valence electrons. The van der Waals surface area contributed by atoms with Crippen molar-refractivity contribution in [2.24, 2.45) is 11.7 Å². The Morgan fingerprint density at radius 1 is 1.39 bits per heavy atom. The van der Waals surface area contributed by atoms with Crippen molar-refractivity contribution in [3.8, 4) is 0 Å². The van der Waals surface area contributed by atoms with Crippen LogP contribution in [0.2, 0.25) is 0 Å². The molecule has 0 bridgehead atoms. The summed E-state index contributed by atoms with van der Waals surface area (Å²) in [6.45, 7) is 6.21. The molecule has 0 radical (unpaired) electrons. The fourth-order valence-electron chi connectivity index (χ4n) is 1.72. The van der Waals surface area contributed by atoms with E-state index in [2.05, 4.69) is 29.0 Å². The van der Waals surface area contributed by atoms with E-state index in [-0.39, 0.29) is 6.04 Å². The van der Waals surface area contributed by atoms with E-state index in [1.165, 1.54) is 0 Å². The van der Waals surface area contributed by atoms with Crippen LogP contribution in [0.1, 0.15) is 48.7 Å². The minimum absolute atomic E-state index is 0.177. The summed E-state index contributed by atoms with van der Waals surface area (Å²) in [6.07, 6.45) is 1.45. The maximum absolute atomic E-state index is 6.00. The first-order valence-electron chi connectivity index (χ1n) is 6.03. The molecule has 0 unspecified atom stereocenters. The van der Waals surface area contributed by atoms with Gasteiger partial charge in [-0.05, 0) is 19.3 Å². The van der Waals surface area contributed by atoms with Gasteiger partial charge in [0.1, 0.15) is 5.01 Å². The standard InChI is InChI=1S/C12H18N4OS/c1-7(2)4-9(13)12-15-10(16-17-12)5-11-14-8(3)6-18-11/h6-7,9H,4-5,13H2,1-3H3/t9-/m1/s1. The first-order chi connectivity index (χ1) is 8.54. The van der Waals surface area contributed by atoms with Gasteiger partial charge in [-0.2, -0.15) is 4.98 Å². The van der Waals surface area contributed by atoms with E-state index >= 15 is 0 Å². The molecule has 6 heteroatoms. The summed E-state index contributed by atoms with van der Waals surface area (Å²) in [5.41, 5.74) is 7.02. The molecule has 0 aliphatic carbocycles. The van der Waals surface area contributed by atoms with Crippen LogP contribution in [0, 0.1) is 12.8 Å². The molecule has 2 heterocycles. The van der Waals surface area contributed by atoms with Crippen LogP contribution in [-0.4, -0.2) is 15.1 Å². The largest absolute Gasteiger partial charge is 0.338 e. The SMILES string of the molecule is Cc1csc(Cc2noc([C@H](N)CC(C)C)n2)n1. The molecule has 0 saturated heterocycles. The van der Waals surface area contributed by atoms with Gasteiger partial charge < -0.3 is 10.3 Å². The topological polar surface area (TPSA) is 77.8 Å². The molecule has 0 saturated carbocycles. The minimum atomic E-state index is -0.177. The van der Waals surface area contributed by atoms with Gasteiger partial charge in [0.15, 0.2) is 5.82 Å². The average molecular weight is 266 g/mol. The molecule has 2 N–H and O–H groups in total. The molecular weight excluding hydrogens is 248 g/mol. The van der Waals surface area contributed by atoms with Crippen LogP contribution in [0.15, 0.2) is 9.90 Å². The van der Waals surface area contributed by atoms with Crippen molar-refractivity contribution in [3.05, 3.63) is 27.8 Å². The van der Waals surface area contributed by atoms with E-state index in [4.69, 9.17) is 10.3 Å². The zero-order valence-electron chi connectivity index (χ0n) is 10.9. The van der Waals surface area contributed by atoms with Crippen LogP contribution in [0.25, 0.3) is 0 Å². The second kappa shape index (κ2) is 5.58. The molecule has 18 heavy (non-hydrogen) atoms. The summed E-state index contributed by atoms with van der Waals surface area (Å²) < 4.78 is 5.20. The highest BCUT2D eigenvalue weighted by molar-refractivity contribution is 7.09. The summed E-state index contributed by atoms with van der Waals surface area (Å²) in [5, 5.41) is 6.96. The van der Waals surface area contributed by atoms with E-state index < -0.39 is 0 Å². The number of hydrogen-bond donors (Lipinski definition) is 1. The monoisotopic (exact) mass is 266 g/mol. The smallest absolute Gasteiger partial charge is 0.243 e. The molecule has 2 aromatic heterocycles. The van der Waals surface area contributed by atoms with Crippen LogP contribution in [0.5, 0.6) is 0 Å². The molecule has 0 aliphatic rings. The third-order valence-electron chi connectivity index (χ3n) is 2.50. The first-order valence-corrected chi connectivity index (χ1v) is 6.91. The zero-order valence-corrected chi connectivity index (χ0v) is 11.7. The lowest BCUT2D eigenvalue weighted by Crippen LogP contribution is -2.13. The predicted molar refractivity (Wildman–Crippen MR) is 70.3 cm³/mol. The zero-order chi connectivity index (χ0) is 13.1. The maximum Gasteiger partial charge on any atom is 0.243 e. The van der Waals surface area contributed by atoms with Gasteiger partial charge in [0, 0.05) is 11.1 Å². The van der Waals surface area contributed by atoms with Crippen LogP contribution >= 0.6 is 11.3 Å². The van der Waals surface area contributed by atoms with Crippen molar-refractivity contribution in [2.45, 2.75) is 39.7 Å². The lowest BCUT2D eigenvalue weighted by atomic mass is 10.0. The van der Waals surface area contributed by atoms with E-state index in [0.717, 1.165) is 17.1 Å². The van der Waals surface area contributed by atoms with Gasteiger partial charge in [-0.3, -0.25) is 0 Å². The van der Waals surface area contributed by atoms with Crippen molar-refractivity contribution in [2.75, 3.05) is 0 Å². The summed E-state index contributed by atoms with van der Waals surface area (Å²) >= 11 is 1.61. The summed E-state index contributed by atoms with van der Waals surface area (Å²) in [4.78, 5) is 8.71. The molecule has 0 aliphatic heterocycles. The Balaban J connectivity index is 2.01. The maximum atomic E-state index is 6.00. The number of rotatable bonds is 5. The van der Waals surface area contributed by atoms with Gasteiger partial charge in [-0.1, -0.05) is 19.0 Å². The second-order valence-electron chi connectivity index (χ2n) is 4.84. The quantitative estimate of drug-likeness (QED) is 0.899. The predicted octanol–water partition coefficient (Wildman–Crippen LogP) is 2.47. The molecule has 0 aromatic carbocycles. The molecule has 0 spiro atoms. The fraction of sp³-hybridized carbons (Fsp3) is 0.583. The molecular formula is C12H18N4OS. The Hall–Kier alpha value is -1.27. The minimum Gasteiger partial charge on any atom is -0.338 e. The molecule has 0 fully saturated rings. The molecule has 0 amide bonds. The highest BCUT2D eigenvalue weighted by atomic mass is 32.1. The fourth-order valence-corrected chi connectivity index (χ4v) is 2.49. The molecule has 2 rings (SSSR count). The summed E-state index contributed by atoms with van der Waals surface area (Å²) in [5.74, 6) is 1.68. The van der Waals surface area contributed by atoms with Crippen molar-refractivity contribution in [3.63, 3.8) is 0 Å². The molecule has 5 nitrogen and oxygen atoms in total. The van der Waals surface area contributed by atoms with Gasteiger partial charge in [0.2, 0.25) is 5.89 Å². The van der Waals surface area contributed by atoms with Gasteiger partial charge in [0.25, 0.3) is 0 Å². The van der Waals surface area contributed by atoms with E-state index in [1.807, 2.05) is 12.3 Å². The van der Waals surface area contributed by atoms with E-state index in [1.54, 1.807) is 11.3 Å². The van der Waals surface area contributed by atoms with Crippen molar-refractivity contribution < 1.29 is 4.52 Å².